The lowest BCUT2D eigenvalue weighted by Gasteiger charge is -2.17. The molecule has 3 aromatic carbocycles. The fourth-order valence-electron chi connectivity index (χ4n) is 2.36. The van der Waals surface area contributed by atoms with Crippen LogP contribution in [0.4, 0.5) is 22.7 Å². The van der Waals surface area contributed by atoms with E-state index in [2.05, 4.69) is 26.9 Å². The van der Waals surface area contributed by atoms with Crippen LogP contribution in [0.25, 0.3) is 16.1 Å². The third-order valence-corrected chi connectivity index (χ3v) is 3.55. The van der Waals surface area contributed by atoms with Crippen LogP contribution < -0.4 is 5.32 Å². The molecule has 110 valence electrons. The van der Waals surface area contributed by atoms with Crippen LogP contribution in [-0.4, -0.2) is 14.1 Å². The van der Waals surface area contributed by atoms with Crippen molar-refractivity contribution < 1.29 is 0 Å². The van der Waals surface area contributed by atoms with Gasteiger partial charge in [0.05, 0.1) is 11.4 Å². The summed E-state index contributed by atoms with van der Waals surface area (Å²) in [5, 5.41) is 18.2. The maximum absolute atomic E-state index is 4.40. The first kappa shape index (κ1) is 14.1. The zero-order valence-electron chi connectivity index (χ0n) is 12.6. The van der Waals surface area contributed by atoms with Gasteiger partial charge in [0, 0.05) is 18.1 Å². The molecule has 22 heavy (non-hydrogen) atoms. The Balaban J connectivity index is 1.98. The minimum Gasteiger partial charge on any atom is -0.686 e. The van der Waals surface area contributed by atoms with E-state index < -0.39 is 0 Å². The van der Waals surface area contributed by atoms with E-state index >= 15 is 0 Å². The molecule has 0 aliphatic heterocycles. The second kappa shape index (κ2) is 6.26. The van der Waals surface area contributed by atoms with E-state index in [1.807, 2.05) is 61.6 Å². The first-order valence-electron chi connectivity index (χ1n) is 7.13. The van der Waals surface area contributed by atoms with Gasteiger partial charge in [-0.2, -0.15) is 5.11 Å². The average molecular weight is 289 g/mol. The molecule has 0 aliphatic rings. The molecule has 0 aliphatic carbocycles. The van der Waals surface area contributed by atoms with Crippen LogP contribution in [0.15, 0.2) is 70.9 Å². The Morgan fingerprint density at radius 3 is 2.23 bits per heavy atom. The van der Waals surface area contributed by atoms with Gasteiger partial charge in [-0.25, -0.2) is 0 Å². The summed E-state index contributed by atoms with van der Waals surface area (Å²) in [6.07, 6.45) is 0. The number of fused-ring (bicyclic) bond motifs is 1. The summed E-state index contributed by atoms with van der Waals surface area (Å²) in [4.78, 5) is 0. The number of nitrogens with one attached hydrogen (secondary N) is 1. The first-order chi connectivity index (χ1) is 10.8. The lowest BCUT2D eigenvalue weighted by atomic mass is 10.1. The fourth-order valence-corrected chi connectivity index (χ4v) is 2.36. The minimum atomic E-state index is 0.826. The Labute approximate surface area is 129 Å². The zero-order chi connectivity index (χ0) is 15.4. The number of anilines is 1. The van der Waals surface area contributed by atoms with E-state index in [0.717, 1.165) is 33.5 Å². The van der Waals surface area contributed by atoms with Crippen LogP contribution in [-0.2, 0) is 0 Å². The van der Waals surface area contributed by atoms with Crippen molar-refractivity contribution in [3.8, 4) is 0 Å². The molecule has 0 atom stereocenters. The quantitative estimate of drug-likeness (QED) is 0.594. The van der Waals surface area contributed by atoms with Gasteiger partial charge in [-0.3, -0.25) is 0 Å². The number of benzene rings is 3. The average Bonchev–Trinajstić information content (AvgIpc) is 2.60. The molecular formula is C18H17N4-. The first-order valence-corrected chi connectivity index (χ1v) is 7.13. The molecular weight excluding hydrogens is 272 g/mol. The number of hydrogen-bond donors (Lipinski definition) is 1. The maximum atomic E-state index is 4.40. The van der Waals surface area contributed by atoms with Gasteiger partial charge >= 0.3 is 0 Å². The largest absolute Gasteiger partial charge is 0.686 e. The maximum Gasteiger partial charge on any atom is 0.0934 e. The van der Waals surface area contributed by atoms with Gasteiger partial charge in [0.1, 0.15) is 0 Å². The van der Waals surface area contributed by atoms with Crippen LogP contribution in [0.3, 0.4) is 0 Å². The van der Waals surface area contributed by atoms with Gasteiger partial charge < -0.3 is 10.6 Å². The Morgan fingerprint density at radius 2 is 1.55 bits per heavy atom. The molecule has 0 aromatic heterocycles. The van der Waals surface area contributed by atoms with Gasteiger partial charge in [0.2, 0.25) is 0 Å². The zero-order valence-corrected chi connectivity index (χ0v) is 12.6. The summed E-state index contributed by atoms with van der Waals surface area (Å²) in [5.74, 6) is 0. The molecule has 0 heterocycles. The number of nitrogens with zero attached hydrogens (tertiary/aromatic N) is 3. The fraction of sp³-hybridized carbons (Fsp3) is 0.111. The Bertz CT molecular complexity index is 807. The highest BCUT2D eigenvalue weighted by Crippen LogP contribution is 2.35. The summed E-state index contributed by atoms with van der Waals surface area (Å²) in [7, 11) is 3.69. The monoisotopic (exact) mass is 289 g/mol. The van der Waals surface area contributed by atoms with E-state index in [1.165, 1.54) is 0 Å². The van der Waals surface area contributed by atoms with E-state index in [4.69, 9.17) is 0 Å². The number of rotatable bonds is 4. The van der Waals surface area contributed by atoms with Crippen molar-refractivity contribution >= 4 is 33.5 Å². The third kappa shape index (κ3) is 2.76. The predicted octanol–water partition coefficient (Wildman–Crippen LogP) is 5.93. The summed E-state index contributed by atoms with van der Waals surface area (Å²) in [6.45, 7) is 0. The third-order valence-electron chi connectivity index (χ3n) is 3.55. The van der Waals surface area contributed by atoms with Gasteiger partial charge in [-0.05, 0) is 35.7 Å². The van der Waals surface area contributed by atoms with Crippen LogP contribution in [0.2, 0.25) is 0 Å². The highest BCUT2D eigenvalue weighted by molar-refractivity contribution is 6.01. The summed E-state index contributed by atoms with van der Waals surface area (Å²) < 4.78 is 0. The molecule has 1 N–H and O–H groups in total. The lowest BCUT2D eigenvalue weighted by Crippen LogP contribution is -1.85. The second-order valence-electron chi connectivity index (χ2n) is 4.87. The van der Waals surface area contributed by atoms with Crippen molar-refractivity contribution in [2.24, 2.45) is 10.2 Å². The Hall–Kier alpha value is -2.88. The van der Waals surface area contributed by atoms with E-state index in [0.29, 0.717) is 0 Å². The van der Waals surface area contributed by atoms with Gasteiger partial charge in [-0.1, -0.05) is 30.3 Å². The highest BCUT2D eigenvalue weighted by Gasteiger charge is 2.00. The summed E-state index contributed by atoms with van der Waals surface area (Å²) >= 11 is 0. The van der Waals surface area contributed by atoms with Crippen molar-refractivity contribution in [3.05, 3.63) is 66.0 Å². The van der Waals surface area contributed by atoms with Crippen LogP contribution in [0.1, 0.15) is 0 Å². The molecule has 4 heteroatoms. The van der Waals surface area contributed by atoms with E-state index in [1.54, 1.807) is 7.05 Å². The standard InChI is InChI=1S/C18H17N4/c1-19-13-7-9-14(10-8-13)21-22-18-12-11-17(20-2)15-5-3-4-6-16(15)18/h3-12,19H,1-2H3/q-1. The minimum absolute atomic E-state index is 0.826. The van der Waals surface area contributed by atoms with Gasteiger partial charge in [0.25, 0.3) is 0 Å². The van der Waals surface area contributed by atoms with Crippen molar-refractivity contribution in [3.63, 3.8) is 0 Å². The molecule has 0 amide bonds. The van der Waals surface area contributed by atoms with E-state index in [9.17, 15) is 0 Å². The molecule has 0 saturated heterocycles. The molecule has 0 unspecified atom stereocenters. The lowest BCUT2D eigenvalue weighted by molar-refractivity contribution is 1.24. The van der Waals surface area contributed by atoms with Crippen LogP contribution in [0.5, 0.6) is 0 Å². The highest BCUT2D eigenvalue weighted by atomic mass is 15.1. The van der Waals surface area contributed by atoms with Crippen molar-refractivity contribution in [1.82, 2.24) is 0 Å². The molecule has 0 saturated carbocycles. The molecule has 0 fully saturated rings. The predicted molar refractivity (Wildman–Crippen MR) is 93.1 cm³/mol. The molecule has 0 radical (unpaired) electrons. The molecule has 4 nitrogen and oxygen atoms in total. The topological polar surface area (TPSA) is 50.9 Å². The molecule has 0 bridgehead atoms. The summed E-state index contributed by atoms with van der Waals surface area (Å²) in [5.41, 5.74) is 3.69. The SMILES string of the molecule is C[N-]c1ccc(N=Nc2ccc(NC)cc2)c2ccccc12. The van der Waals surface area contributed by atoms with Crippen molar-refractivity contribution in [2.45, 2.75) is 0 Å². The Kier molecular flexibility index (Phi) is 4.01. The molecule has 3 rings (SSSR count). The normalized spacial score (nSPS) is 11.0. The molecule has 3 aromatic rings. The number of azo groups is 1. The number of hydrogen-bond acceptors (Lipinski definition) is 3. The smallest absolute Gasteiger partial charge is 0.0934 e. The molecule has 0 spiro atoms. The van der Waals surface area contributed by atoms with Crippen LogP contribution >= 0.6 is 0 Å². The second-order valence-corrected chi connectivity index (χ2v) is 4.87. The van der Waals surface area contributed by atoms with E-state index in [-0.39, 0.29) is 0 Å². The van der Waals surface area contributed by atoms with Gasteiger partial charge in [0.15, 0.2) is 0 Å². The summed E-state index contributed by atoms with van der Waals surface area (Å²) in [6, 6.07) is 19.9. The van der Waals surface area contributed by atoms with Crippen LogP contribution in [0, 0.1) is 0 Å². The van der Waals surface area contributed by atoms with Gasteiger partial charge in [-0.15, -0.1) is 17.8 Å². The Morgan fingerprint density at radius 1 is 0.818 bits per heavy atom. The van der Waals surface area contributed by atoms with Crippen molar-refractivity contribution in [2.75, 3.05) is 19.4 Å². The van der Waals surface area contributed by atoms with Crippen molar-refractivity contribution in [1.29, 1.82) is 0 Å².